The Kier molecular flexibility index (Phi) is 2.80. The van der Waals surface area contributed by atoms with Crippen molar-refractivity contribution in [1.29, 1.82) is 0 Å². The van der Waals surface area contributed by atoms with Crippen molar-refractivity contribution in [2.24, 2.45) is 7.05 Å². The van der Waals surface area contributed by atoms with Crippen molar-refractivity contribution in [2.45, 2.75) is 0 Å². The zero-order valence-electron chi connectivity index (χ0n) is 9.77. The third-order valence-electron chi connectivity index (χ3n) is 2.35. The van der Waals surface area contributed by atoms with Crippen molar-refractivity contribution >= 4 is 23.2 Å². The second-order valence-corrected chi connectivity index (χ2v) is 4.58. The van der Waals surface area contributed by atoms with Gasteiger partial charge in [0, 0.05) is 13.1 Å². The van der Waals surface area contributed by atoms with E-state index < -0.39 is 5.91 Å². The highest BCUT2D eigenvalue weighted by atomic mass is 32.1. The number of tetrazole rings is 1. The van der Waals surface area contributed by atoms with Gasteiger partial charge in [0.05, 0.1) is 4.88 Å². The first-order valence-electron chi connectivity index (χ1n) is 5.28. The first kappa shape index (κ1) is 11.5. The Morgan fingerprint density at radius 3 is 3.11 bits per heavy atom. The van der Waals surface area contributed by atoms with Gasteiger partial charge in [-0.25, -0.2) is 4.68 Å². The molecule has 0 unspecified atom stereocenters. The molecule has 0 radical (unpaired) electrons. The summed E-state index contributed by atoms with van der Waals surface area (Å²) in [7, 11) is 1.62. The summed E-state index contributed by atoms with van der Waals surface area (Å²) in [5.41, 5.74) is 0.173. The highest BCUT2D eigenvalue weighted by Crippen LogP contribution is 2.25. The lowest BCUT2D eigenvalue weighted by Gasteiger charge is -1.98. The van der Waals surface area contributed by atoms with Crippen LogP contribution in [-0.4, -0.2) is 31.3 Å². The van der Waals surface area contributed by atoms with Gasteiger partial charge in [0.2, 0.25) is 5.95 Å². The molecule has 3 heterocycles. The van der Waals surface area contributed by atoms with Crippen LogP contribution in [0.2, 0.25) is 0 Å². The molecular formula is C10H8N6O2S. The number of hydrogen-bond donors (Lipinski definition) is 1. The molecule has 0 aliphatic carbocycles. The van der Waals surface area contributed by atoms with Crippen molar-refractivity contribution in [1.82, 2.24) is 25.4 Å². The van der Waals surface area contributed by atoms with Crippen molar-refractivity contribution in [3.8, 4) is 10.6 Å². The van der Waals surface area contributed by atoms with Crippen LogP contribution in [0.25, 0.3) is 10.6 Å². The van der Waals surface area contributed by atoms with E-state index in [2.05, 4.69) is 26.0 Å². The molecule has 19 heavy (non-hydrogen) atoms. The topological polar surface area (TPSA) is 98.7 Å². The summed E-state index contributed by atoms with van der Waals surface area (Å²) in [5.74, 6) is 0.367. The van der Waals surface area contributed by atoms with Gasteiger partial charge in [0.15, 0.2) is 11.5 Å². The Hall–Kier alpha value is -2.55. The lowest BCUT2D eigenvalue weighted by atomic mass is 10.3. The molecule has 1 N–H and O–H groups in total. The lowest BCUT2D eigenvalue weighted by molar-refractivity contribution is 0.101. The number of amides is 1. The van der Waals surface area contributed by atoms with Gasteiger partial charge in [-0.1, -0.05) is 16.3 Å². The first-order valence-corrected chi connectivity index (χ1v) is 6.16. The van der Waals surface area contributed by atoms with Gasteiger partial charge >= 0.3 is 0 Å². The Labute approximate surface area is 111 Å². The van der Waals surface area contributed by atoms with E-state index in [1.54, 1.807) is 13.1 Å². The molecule has 0 fully saturated rings. The van der Waals surface area contributed by atoms with Crippen LogP contribution in [0.1, 0.15) is 10.5 Å². The molecule has 0 saturated heterocycles. The lowest BCUT2D eigenvalue weighted by Crippen LogP contribution is -2.15. The summed E-state index contributed by atoms with van der Waals surface area (Å²) in [6, 6.07) is 5.36. The predicted octanol–water partition coefficient (Wildman–Crippen LogP) is 1.18. The van der Waals surface area contributed by atoms with Gasteiger partial charge in [0.25, 0.3) is 5.91 Å². The van der Waals surface area contributed by atoms with Gasteiger partial charge in [0.1, 0.15) is 0 Å². The fraction of sp³-hybridized carbons (Fsp3) is 0.100. The molecule has 0 aliphatic heterocycles. The number of carbonyl (C=O) groups excluding carboxylic acids is 1. The van der Waals surface area contributed by atoms with E-state index in [9.17, 15) is 4.79 Å². The van der Waals surface area contributed by atoms with Crippen LogP contribution in [0.4, 0.5) is 5.95 Å². The molecule has 0 bridgehead atoms. The monoisotopic (exact) mass is 276 g/mol. The van der Waals surface area contributed by atoms with Crippen LogP contribution in [0.15, 0.2) is 28.1 Å². The summed E-state index contributed by atoms with van der Waals surface area (Å²) in [6.07, 6.45) is 0. The fourth-order valence-electron chi connectivity index (χ4n) is 1.42. The fourth-order valence-corrected chi connectivity index (χ4v) is 2.09. The van der Waals surface area contributed by atoms with Crippen LogP contribution in [0, 0.1) is 0 Å². The Bertz CT molecular complexity index is 701. The van der Waals surface area contributed by atoms with Gasteiger partial charge in [-0.3, -0.25) is 10.1 Å². The molecule has 3 aromatic rings. The Morgan fingerprint density at radius 1 is 1.53 bits per heavy atom. The predicted molar refractivity (Wildman–Crippen MR) is 66.6 cm³/mol. The minimum absolute atomic E-state index is 0.173. The molecule has 1 amide bonds. The summed E-state index contributed by atoms with van der Waals surface area (Å²) < 4.78 is 6.47. The number of carbonyl (C=O) groups is 1. The summed E-state index contributed by atoms with van der Waals surface area (Å²) in [4.78, 5) is 12.8. The average Bonchev–Trinajstić information content (AvgIpc) is 3.09. The number of thiophene rings is 1. The maximum Gasteiger partial charge on any atom is 0.280 e. The van der Waals surface area contributed by atoms with Gasteiger partial charge in [-0.2, -0.15) is 0 Å². The number of aryl methyl sites for hydroxylation is 1. The quantitative estimate of drug-likeness (QED) is 0.771. The van der Waals surface area contributed by atoms with E-state index in [0.29, 0.717) is 5.76 Å². The van der Waals surface area contributed by atoms with Gasteiger partial charge in [-0.15, -0.1) is 11.3 Å². The molecule has 8 nitrogen and oxygen atoms in total. The summed E-state index contributed by atoms with van der Waals surface area (Å²) in [5, 5.41) is 18.9. The van der Waals surface area contributed by atoms with E-state index in [1.807, 2.05) is 17.5 Å². The minimum Gasteiger partial charge on any atom is -0.355 e. The molecule has 3 aromatic heterocycles. The van der Waals surface area contributed by atoms with Crippen molar-refractivity contribution in [3.05, 3.63) is 29.3 Å². The Morgan fingerprint density at radius 2 is 2.42 bits per heavy atom. The summed E-state index contributed by atoms with van der Waals surface area (Å²) >= 11 is 1.51. The number of rotatable bonds is 3. The van der Waals surface area contributed by atoms with Crippen LogP contribution < -0.4 is 5.32 Å². The van der Waals surface area contributed by atoms with Crippen LogP contribution >= 0.6 is 11.3 Å². The maximum atomic E-state index is 11.9. The number of aromatic nitrogens is 5. The number of anilines is 1. The van der Waals surface area contributed by atoms with Crippen molar-refractivity contribution in [2.75, 3.05) is 5.32 Å². The molecule has 0 spiro atoms. The molecular weight excluding hydrogens is 268 g/mol. The molecule has 9 heteroatoms. The minimum atomic E-state index is -0.426. The maximum absolute atomic E-state index is 11.9. The second-order valence-electron chi connectivity index (χ2n) is 3.63. The molecule has 3 rings (SSSR count). The molecule has 0 atom stereocenters. The largest absolute Gasteiger partial charge is 0.355 e. The number of nitrogens with one attached hydrogen (secondary N) is 1. The van der Waals surface area contributed by atoms with Gasteiger partial charge < -0.3 is 4.52 Å². The van der Waals surface area contributed by atoms with E-state index in [1.165, 1.54) is 16.0 Å². The average molecular weight is 276 g/mol. The van der Waals surface area contributed by atoms with Crippen molar-refractivity contribution < 1.29 is 9.32 Å². The highest BCUT2D eigenvalue weighted by Gasteiger charge is 2.16. The number of nitrogens with zero attached hydrogens (tertiary/aromatic N) is 5. The third-order valence-corrected chi connectivity index (χ3v) is 3.24. The second kappa shape index (κ2) is 4.61. The Balaban J connectivity index is 1.80. The van der Waals surface area contributed by atoms with E-state index in [4.69, 9.17) is 4.52 Å². The first-order chi connectivity index (χ1) is 9.24. The molecule has 0 aromatic carbocycles. The highest BCUT2D eigenvalue weighted by molar-refractivity contribution is 7.13. The van der Waals surface area contributed by atoms with Crippen LogP contribution in [-0.2, 0) is 7.05 Å². The van der Waals surface area contributed by atoms with E-state index in [-0.39, 0.29) is 11.6 Å². The van der Waals surface area contributed by atoms with Crippen LogP contribution in [0.5, 0.6) is 0 Å². The smallest absolute Gasteiger partial charge is 0.280 e. The standard InChI is InChI=1S/C10H8N6O2S/c1-16-10(12-14-15-16)11-9(17)6-5-7(18-13-6)8-3-2-4-19-8/h2-5H,1H3,(H,11,12,15,17). The number of hydrogen-bond acceptors (Lipinski definition) is 7. The zero-order chi connectivity index (χ0) is 13.2. The third kappa shape index (κ3) is 2.22. The zero-order valence-corrected chi connectivity index (χ0v) is 10.6. The SMILES string of the molecule is Cn1nnnc1NC(=O)c1cc(-c2cccs2)on1. The van der Waals surface area contributed by atoms with Crippen LogP contribution in [0.3, 0.4) is 0 Å². The molecule has 0 aliphatic rings. The van der Waals surface area contributed by atoms with Crippen molar-refractivity contribution in [3.63, 3.8) is 0 Å². The molecule has 96 valence electrons. The van der Waals surface area contributed by atoms with E-state index in [0.717, 1.165) is 4.88 Å². The normalized spacial score (nSPS) is 10.6. The van der Waals surface area contributed by atoms with Gasteiger partial charge in [-0.05, 0) is 21.9 Å². The van der Waals surface area contributed by atoms with E-state index >= 15 is 0 Å². The summed E-state index contributed by atoms with van der Waals surface area (Å²) in [6.45, 7) is 0. The molecule has 0 saturated carbocycles.